The van der Waals surface area contributed by atoms with Crippen LogP contribution in [-0.4, -0.2) is 63.0 Å². The molecule has 0 amide bonds. The standard InChI is InChI=1S/C17H32N2O2/c1-18-8-2-15-3-9-19(10-4-15)16-5-11-21-17(14-16)6-12-20-13-7-17/h15-16,18H,2-14H2,1H3. The summed E-state index contributed by atoms with van der Waals surface area (Å²) in [7, 11) is 2.06. The molecule has 3 rings (SSSR count). The topological polar surface area (TPSA) is 33.7 Å². The maximum Gasteiger partial charge on any atom is 0.0741 e. The van der Waals surface area contributed by atoms with Crippen molar-refractivity contribution < 1.29 is 9.47 Å². The molecule has 3 aliphatic heterocycles. The van der Waals surface area contributed by atoms with Crippen molar-refractivity contribution in [2.75, 3.05) is 46.5 Å². The van der Waals surface area contributed by atoms with E-state index in [4.69, 9.17) is 9.47 Å². The summed E-state index contributed by atoms with van der Waals surface area (Å²) in [5.74, 6) is 0.936. The molecule has 3 fully saturated rings. The van der Waals surface area contributed by atoms with Crippen LogP contribution in [0.15, 0.2) is 0 Å². The van der Waals surface area contributed by atoms with E-state index >= 15 is 0 Å². The van der Waals surface area contributed by atoms with E-state index in [2.05, 4.69) is 17.3 Å². The molecule has 3 heterocycles. The Hall–Kier alpha value is -0.160. The van der Waals surface area contributed by atoms with Crippen LogP contribution in [0, 0.1) is 5.92 Å². The van der Waals surface area contributed by atoms with Gasteiger partial charge >= 0.3 is 0 Å². The van der Waals surface area contributed by atoms with Gasteiger partial charge < -0.3 is 19.7 Å². The number of likely N-dealkylation sites (tertiary alicyclic amines) is 1. The second-order valence-electron chi connectivity index (χ2n) is 7.16. The summed E-state index contributed by atoms with van der Waals surface area (Å²) in [6, 6.07) is 0.752. The lowest BCUT2D eigenvalue weighted by molar-refractivity contribution is -0.152. The predicted molar refractivity (Wildman–Crippen MR) is 84.6 cm³/mol. The number of nitrogens with one attached hydrogen (secondary N) is 1. The number of hydrogen-bond acceptors (Lipinski definition) is 4. The van der Waals surface area contributed by atoms with Crippen LogP contribution in [0.4, 0.5) is 0 Å². The van der Waals surface area contributed by atoms with Crippen LogP contribution in [0.1, 0.15) is 44.9 Å². The van der Waals surface area contributed by atoms with Crippen molar-refractivity contribution in [3.05, 3.63) is 0 Å². The molecular weight excluding hydrogens is 264 g/mol. The zero-order chi connectivity index (χ0) is 14.5. The second kappa shape index (κ2) is 7.40. The zero-order valence-electron chi connectivity index (χ0n) is 13.6. The first-order valence-corrected chi connectivity index (χ1v) is 8.92. The Morgan fingerprint density at radius 3 is 2.57 bits per heavy atom. The minimum atomic E-state index is 0.143. The molecule has 1 spiro atoms. The molecule has 0 aromatic heterocycles. The lowest BCUT2D eigenvalue weighted by Crippen LogP contribution is -2.52. The highest BCUT2D eigenvalue weighted by atomic mass is 16.5. The summed E-state index contributed by atoms with van der Waals surface area (Å²) in [4.78, 5) is 2.76. The van der Waals surface area contributed by atoms with Crippen molar-refractivity contribution in [2.24, 2.45) is 5.92 Å². The van der Waals surface area contributed by atoms with Gasteiger partial charge in [0.1, 0.15) is 0 Å². The third kappa shape index (κ3) is 3.98. The van der Waals surface area contributed by atoms with E-state index in [1.807, 2.05) is 0 Å². The fourth-order valence-corrected chi connectivity index (χ4v) is 4.36. The molecule has 0 bridgehead atoms. The summed E-state index contributed by atoms with van der Waals surface area (Å²) >= 11 is 0. The van der Waals surface area contributed by atoms with Crippen molar-refractivity contribution in [2.45, 2.75) is 56.6 Å². The molecular formula is C17H32N2O2. The average molecular weight is 296 g/mol. The van der Waals surface area contributed by atoms with Gasteiger partial charge in [-0.2, -0.15) is 0 Å². The number of piperidine rings is 1. The molecule has 3 aliphatic rings. The lowest BCUT2D eigenvalue weighted by Gasteiger charge is -2.47. The van der Waals surface area contributed by atoms with E-state index in [0.717, 1.165) is 44.6 Å². The average Bonchev–Trinajstić information content (AvgIpc) is 2.54. The highest BCUT2D eigenvalue weighted by Gasteiger charge is 2.41. The first kappa shape index (κ1) is 15.7. The van der Waals surface area contributed by atoms with Gasteiger partial charge in [-0.3, -0.25) is 0 Å². The highest BCUT2D eigenvalue weighted by Crippen LogP contribution is 2.37. The molecule has 3 saturated heterocycles. The van der Waals surface area contributed by atoms with Gasteiger partial charge in [0, 0.05) is 25.9 Å². The molecule has 0 aromatic rings. The first-order chi connectivity index (χ1) is 10.3. The van der Waals surface area contributed by atoms with E-state index in [1.165, 1.54) is 51.7 Å². The Balaban J connectivity index is 1.48. The maximum atomic E-state index is 6.19. The van der Waals surface area contributed by atoms with Crippen molar-refractivity contribution in [1.29, 1.82) is 0 Å². The largest absolute Gasteiger partial charge is 0.381 e. The molecule has 0 aliphatic carbocycles. The molecule has 4 nitrogen and oxygen atoms in total. The monoisotopic (exact) mass is 296 g/mol. The van der Waals surface area contributed by atoms with Crippen LogP contribution in [0.5, 0.6) is 0 Å². The molecule has 122 valence electrons. The Morgan fingerprint density at radius 2 is 1.86 bits per heavy atom. The van der Waals surface area contributed by atoms with Gasteiger partial charge in [-0.1, -0.05) is 0 Å². The van der Waals surface area contributed by atoms with Crippen LogP contribution < -0.4 is 5.32 Å². The van der Waals surface area contributed by atoms with Crippen molar-refractivity contribution in [3.63, 3.8) is 0 Å². The van der Waals surface area contributed by atoms with Crippen LogP contribution in [0.2, 0.25) is 0 Å². The van der Waals surface area contributed by atoms with E-state index in [1.54, 1.807) is 0 Å². The molecule has 21 heavy (non-hydrogen) atoms. The van der Waals surface area contributed by atoms with E-state index in [9.17, 15) is 0 Å². The van der Waals surface area contributed by atoms with E-state index in [-0.39, 0.29) is 5.60 Å². The van der Waals surface area contributed by atoms with Crippen LogP contribution in [0.3, 0.4) is 0 Å². The van der Waals surface area contributed by atoms with Gasteiger partial charge in [0.05, 0.1) is 5.60 Å². The van der Waals surface area contributed by atoms with Gasteiger partial charge in [0.15, 0.2) is 0 Å². The van der Waals surface area contributed by atoms with Gasteiger partial charge in [-0.15, -0.1) is 0 Å². The van der Waals surface area contributed by atoms with Gasteiger partial charge in [0.2, 0.25) is 0 Å². The fourth-order valence-electron chi connectivity index (χ4n) is 4.36. The number of hydrogen-bond donors (Lipinski definition) is 1. The smallest absolute Gasteiger partial charge is 0.0741 e. The SMILES string of the molecule is CNCCC1CCN(C2CCOC3(CCOCC3)C2)CC1. The lowest BCUT2D eigenvalue weighted by atomic mass is 9.82. The van der Waals surface area contributed by atoms with Crippen molar-refractivity contribution in [1.82, 2.24) is 10.2 Å². The van der Waals surface area contributed by atoms with Gasteiger partial charge in [-0.25, -0.2) is 0 Å². The molecule has 4 heteroatoms. The summed E-state index contributed by atoms with van der Waals surface area (Å²) in [5.41, 5.74) is 0.143. The third-order valence-electron chi connectivity index (χ3n) is 5.84. The first-order valence-electron chi connectivity index (χ1n) is 8.92. The van der Waals surface area contributed by atoms with Gasteiger partial charge in [-0.05, 0) is 77.5 Å². The second-order valence-corrected chi connectivity index (χ2v) is 7.16. The molecule has 0 saturated carbocycles. The predicted octanol–water partition coefficient (Wildman–Crippen LogP) is 2.04. The summed E-state index contributed by atoms with van der Waals surface area (Å²) in [5, 5.41) is 3.29. The third-order valence-corrected chi connectivity index (χ3v) is 5.84. The zero-order valence-corrected chi connectivity index (χ0v) is 13.6. The van der Waals surface area contributed by atoms with Crippen LogP contribution in [-0.2, 0) is 9.47 Å². The molecule has 0 radical (unpaired) electrons. The number of nitrogens with zero attached hydrogens (tertiary/aromatic N) is 1. The molecule has 1 N–H and O–H groups in total. The number of rotatable bonds is 4. The quantitative estimate of drug-likeness (QED) is 0.861. The fraction of sp³-hybridized carbons (Fsp3) is 1.00. The van der Waals surface area contributed by atoms with Crippen molar-refractivity contribution >= 4 is 0 Å². The van der Waals surface area contributed by atoms with Gasteiger partial charge in [0.25, 0.3) is 0 Å². The molecule has 1 unspecified atom stereocenters. The number of ether oxygens (including phenoxy) is 2. The minimum Gasteiger partial charge on any atom is -0.381 e. The minimum absolute atomic E-state index is 0.143. The molecule has 0 aromatic carbocycles. The Morgan fingerprint density at radius 1 is 1.10 bits per heavy atom. The summed E-state index contributed by atoms with van der Waals surface area (Å²) in [6.45, 7) is 6.49. The summed E-state index contributed by atoms with van der Waals surface area (Å²) < 4.78 is 11.7. The maximum absolute atomic E-state index is 6.19. The summed E-state index contributed by atoms with van der Waals surface area (Å²) in [6.07, 6.45) is 8.77. The van der Waals surface area contributed by atoms with E-state index < -0.39 is 0 Å². The highest BCUT2D eigenvalue weighted by molar-refractivity contribution is 4.93. The Bertz CT molecular complexity index is 304. The van der Waals surface area contributed by atoms with Crippen molar-refractivity contribution in [3.8, 4) is 0 Å². The normalized spacial score (nSPS) is 31.6. The Labute approximate surface area is 129 Å². The van der Waals surface area contributed by atoms with E-state index in [0.29, 0.717) is 0 Å². The van der Waals surface area contributed by atoms with Crippen LogP contribution in [0.25, 0.3) is 0 Å². The Kier molecular flexibility index (Phi) is 5.54. The van der Waals surface area contributed by atoms with Crippen LogP contribution >= 0.6 is 0 Å². The molecule has 1 atom stereocenters.